The SMILES string of the molecule is CC(NC(=O)c1ccncc1)[C@@H]1CCC2c3ccc(C(F)(C(F)(F)F)C(F)(F)F)cc3CCC21. The molecule has 0 radical (unpaired) electrons. The van der Waals surface area contributed by atoms with E-state index >= 15 is 0 Å². The molecule has 1 heterocycles. The van der Waals surface area contributed by atoms with Crippen molar-refractivity contribution in [3.05, 3.63) is 65.0 Å². The third kappa shape index (κ3) is 4.05. The Morgan fingerprint density at radius 1 is 0.971 bits per heavy atom. The second-order valence-corrected chi connectivity index (χ2v) is 9.12. The number of rotatable bonds is 4. The highest BCUT2D eigenvalue weighted by molar-refractivity contribution is 5.94. The number of pyridine rings is 1. The maximum absolute atomic E-state index is 14.5. The van der Waals surface area contributed by atoms with Gasteiger partial charge in [0.25, 0.3) is 5.91 Å². The highest BCUT2D eigenvalue weighted by Crippen LogP contribution is 2.55. The molecule has 1 fully saturated rings. The van der Waals surface area contributed by atoms with Crippen LogP contribution in [0.25, 0.3) is 0 Å². The van der Waals surface area contributed by atoms with Crippen molar-refractivity contribution in [1.82, 2.24) is 10.3 Å². The summed E-state index contributed by atoms with van der Waals surface area (Å²) in [4.78, 5) is 16.4. The average molecular weight is 488 g/mol. The number of fused-ring (bicyclic) bond motifs is 3. The number of nitrogens with one attached hydrogen (secondary N) is 1. The lowest BCUT2D eigenvalue weighted by Crippen LogP contribution is -2.50. The minimum atomic E-state index is -6.13. The van der Waals surface area contributed by atoms with Gasteiger partial charge in [-0.15, -0.1) is 0 Å². The molecule has 2 aliphatic rings. The van der Waals surface area contributed by atoms with E-state index in [2.05, 4.69) is 10.3 Å². The topological polar surface area (TPSA) is 42.0 Å². The monoisotopic (exact) mass is 488 g/mol. The van der Waals surface area contributed by atoms with E-state index in [0.29, 0.717) is 35.6 Å². The number of amides is 1. The van der Waals surface area contributed by atoms with E-state index in [9.17, 15) is 35.5 Å². The Bertz CT molecular complexity index is 1040. The highest BCUT2D eigenvalue weighted by Gasteiger charge is 2.73. The minimum absolute atomic E-state index is 0.0612. The van der Waals surface area contributed by atoms with Crippen LogP contribution in [0.4, 0.5) is 30.7 Å². The van der Waals surface area contributed by atoms with Crippen LogP contribution in [-0.2, 0) is 12.1 Å². The zero-order chi connectivity index (χ0) is 24.9. The van der Waals surface area contributed by atoms with Crippen LogP contribution in [-0.4, -0.2) is 29.3 Å². The van der Waals surface area contributed by atoms with Crippen molar-refractivity contribution in [1.29, 1.82) is 0 Å². The van der Waals surface area contributed by atoms with Gasteiger partial charge in [0.1, 0.15) is 0 Å². The van der Waals surface area contributed by atoms with Crippen LogP contribution in [0, 0.1) is 11.8 Å². The maximum Gasteiger partial charge on any atom is 0.435 e. The molecule has 184 valence electrons. The molecule has 0 aliphatic heterocycles. The Balaban J connectivity index is 1.55. The molecular formula is C24H23F7N2O. The first-order chi connectivity index (χ1) is 15.8. The van der Waals surface area contributed by atoms with Crippen LogP contribution >= 0.6 is 0 Å². The van der Waals surface area contributed by atoms with Gasteiger partial charge in [-0.2, -0.15) is 26.3 Å². The Morgan fingerprint density at radius 3 is 2.24 bits per heavy atom. The molecule has 1 aromatic carbocycles. The average Bonchev–Trinajstić information content (AvgIpc) is 3.22. The van der Waals surface area contributed by atoms with Gasteiger partial charge in [-0.25, -0.2) is 4.39 Å². The van der Waals surface area contributed by atoms with Gasteiger partial charge in [-0.1, -0.05) is 18.2 Å². The molecule has 3 unspecified atom stereocenters. The molecule has 4 atom stereocenters. The van der Waals surface area contributed by atoms with Crippen LogP contribution in [0.15, 0.2) is 42.7 Å². The van der Waals surface area contributed by atoms with Crippen molar-refractivity contribution in [2.75, 3.05) is 0 Å². The summed E-state index contributed by atoms with van der Waals surface area (Å²) in [7, 11) is 0. The van der Waals surface area contributed by atoms with Gasteiger partial charge in [0.2, 0.25) is 0 Å². The van der Waals surface area contributed by atoms with Crippen molar-refractivity contribution in [3.63, 3.8) is 0 Å². The van der Waals surface area contributed by atoms with Crippen molar-refractivity contribution in [2.24, 2.45) is 11.8 Å². The molecule has 4 rings (SSSR count). The molecule has 2 aromatic rings. The minimum Gasteiger partial charge on any atom is -0.349 e. The van der Waals surface area contributed by atoms with Gasteiger partial charge in [0, 0.05) is 29.6 Å². The normalized spacial score (nSPS) is 23.7. The first kappa shape index (κ1) is 24.5. The van der Waals surface area contributed by atoms with E-state index in [-0.39, 0.29) is 36.1 Å². The quantitative estimate of drug-likeness (QED) is 0.518. The third-order valence-electron chi connectivity index (χ3n) is 7.29. The molecule has 0 bridgehead atoms. The fourth-order valence-electron chi connectivity index (χ4n) is 5.63. The van der Waals surface area contributed by atoms with Crippen LogP contribution in [0.1, 0.15) is 59.2 Å². The summed E-state index contributed by atoms with van der Waals surface area (Å²) in [6.45, 7) is 1.90. The van der Waals surface area contributed by atoms with Crippen molar-refractivity contribution >= 4 is 5.91 Å². The Kier molecular flexibility index (Phi) is 6.14. The number of aromatic nitrogens is 1. The van der Waals surface area contributed by atoms with E-state index < -0.39 is 23.6 Å². The first-order valence-electron chi connectivity index (χ1n) is 11.0. The number of benzene rings is 1. The number of aryl methyl sites for hydroxylation is 1. The van der Waals surface area contributed by atoms with E-state index in [1.807, 2.05) is 6.92 Å². The molecule has 1 saturated carbocycles. The summed E-state index contributed by atoms with van der Waals surface area (Å²) in [6.07, 6.45) is -6.99. The summed E-state index contributed by atoms with van der Waals surface area (Å²) in [6, 6.07) is 5.58. The van der Waals surface area contributed by atoms with Crippen molar-refractivity contribution in [3.8, 4) is 0 Å². The number of nitrogens with zero attached hydrogens (tertiary/aromatic N) is 1. The van der Waals surface area contributed by atoms with E-state index in [1.54, 1.807) is 12.1 Å². The van der Waals surface area contributed by atoms with Gasteiger partial charge in [0.05, 0.1) is 0 Å². The molecule has 1 aromatic heterocycles. The fraction of sp³-hybridized carbons (Fsp3) is 0.500. The Morgan fingerprint density at radius 2 is 1.62 bits per heavy atom. The first-order valence-corrected chi connectivity index (χ1v) is 11.0. The van der Waals surface area contributed by atoms with Crippen LogP contribution in [0.3, 0.4) is 0 Å². The number of halogens is 7. The van der Waals surface area contributed by atoms with E-state index in [1.165, 1.54) is 18.5 Å². The second kappa shape index (κ2) is 8.53. The molecule has 3 nitrogen and oxygen atoms in total. The van der Waals surface area contributed by atoms with Crippen molar-refractivity contribution in [2.45, 2.75) is 62.6 Å². The molecule has 10 heteroatoms. The van der Waals surface area contributed by atoms with E-state index in [0.717, 1.165) is 12.5 Å². The van der Waals surface area contributed by atoms with Crippen LogP contribution in [0.2, 0.25) is 0 Å². The predicted molar refractivity (Wildman–Crippen MR) is 110 cm³/mol. The number of alkyl halides is 7. The lowest BCUT2D eigenvalue weighted by molar-refractivity contribution is -0.348. The second-order valence-electron chi connectivity index (χ2n) is 9.12. The zero-order valence-electron chi connectivity index (χ0n) is 18.2. The maximum atomic E-state index is 14.5. The summed E-state index contributed by atoms with van der Waals surface area (Å²) >= 11 is 0. The molecule has 2 aliphatic carbocycles. The molecule has 1 amide bonds. The number of hydrogen-bond donors (Lipinski definition) is 1. The van der Waals surface area contributed by atoms with Gasteiger partial charge < -0.3 is 5.32 Å². The fourth-order valence-corrected chi connectivity index (χ4v) is 5.63. The van der Waals surface area contributed by atoms with Crippen LogP contribution in [0.5, 0.6) is 0 Å². The molecule has 0 spiro atoms. The Hall–Kier alpha value is -2.65. The van der Waals surface area contributed by atoms with Crippen molar-refractivity contribution < 1.29 is 35.5 Å². The summed E-state index contributed by atoms with van der Waals surface area (Å²) < 4.78 is 93.5. The molecular weight excluding hydrogens is 465 g/mol. The predicted octanol–water partition coefficient (Wildman–Crippen LogP) is 6.25. The van der Waals surface area contributed by atoms with Gasteiger partial charge in [-0.05, 0) is 73.6 Å². The zero-order valence-corrected chi connectivity index (χ0v) is 18.2. The van der Waals surface area contributed by atoms with Gasteiger partial charge in [0.15, 0.2) is 0 Å². The third-order valence-corrected chi connectivity index (χ3v) is 7.29. The Labute approximate surface area is 191 Å². The summed E-state index contributed by atoms with van der Waals surface area (Å²) in [5.74, 6) is -0.0765. The lowest BCUT2D eigenvalue weighted by atomic mass is 9.72. The number of carbonyl (C=O) groups excluding carboxylic acids is 1. The number of hydrogen-bond acceptors (Lipinski definition) is 2. The van der Waals surface area contributed by atoms with Gasteiger partial charge in [-0.3, -0.25) is 9.78 Å². The molecule has 0 saturated heterocycles. The number of carbonyl (C=O) groups is 1. The standard InChI is InChI=1S/C24H23F7N2O/c1-13(33-21(34)14-8-10-32-11-9-14)17-6-7-20-18-5-3-16(12-15(18)2-4-19(17)20)22(25,23(26,27)28)24(29,30)31/h3,5,8-13,17,19-20H,2,4,6-7H2,1H3,(H,33,34)/t13?,17-,19?,20?/m0/s1. The molecule has 1 N–H and O–H groups in total. The summed E-state index contributed by atoms with van der Waals surface area (Å²) in [5, 5.41) is 2.99. The van der Waals surface area contributed by atoms with E-state index in [4.69, 9.17) is 0 Å². The smallest absolute Gasteiger partial charge is 0.349 e. The summed E-state index contributed by atoms with van der Waals surface area (Å²) in [5.41, 5.74) is -5.39. The highest BCUT2D eigenvalue weighted by atomic mass is 19.4. The molecule has 34 heavy (non-hydrogen) atoms. The largest absolute Gasteiger partial charge is 0.435 e. The lowest BCUT2D eigenvalue weighted by Gasteiger charge is -2.36. The van der Waals surface area contributed by atoms with Gasteiger partial charge >= 0.3 is 18.0 Å². The van der Waals surface area contributed by atoms with Crippen LogP contribution < -0.4 is 5.32 Å².